The molecule has 2 heterocycles. The van der Waals surface area contributed by atoms with Crippen LogP contribution in [0.3, 0.4) is 0 Å². The molecule has 0 unspecified atom stereocenters. The van der Waals surface area contributed by atoms with Crippen molar-refractivity contribution in [1.29, 1.82) is 0 Å². The van der Waals surface area contributed by atoms with Crippen molar-refractivity contribution in [2.75, 3.05) is 31.6 Å². The van der Waals surface area contributed by atoms with E-state index >= 15 is 0 Å². The molecule has 5 rings (SSSR count). The van der Waals surface area contributed by atoms with Gasteiger partial charge in [-0.05, 0) is 62.6 Å². The number of thioether (sulfide) groups is 1. The Morgan fingerprint density at radius 3 is 2.59 bits per heavy atom. The van der Waals surface area contributed by atoms with Crippen LogP contribution in [0.5, 0.6) is 0 Å². The lowest BCUT2D eigenvalue weighted by Gasteiger charge is -2.27. The summed E-state index contributed by atoms with van der Waals surface area (Å²) in [7, 11) is -3.73. The SMILES string of the molecule is Cc1ccc(NC(=O)[C@H](C)Sc2nc3cc(Cl)ccc3c(=O)n2C2CCCC2)cc1S(=O)(=O)N1CCOCC1. The second-order valence-corrected chi connectivity index (χ2v) is 13.6. The fraction of sp³-hybridized carbons (Fsp3) is 0.444. The van der Waals surface area contributed by atoms with Gasteiger partial charge in [-0.2, -0.15) is 4.31 Å². The first-order valence-corrected chi connectivity index (χ1v) is 15.7. The summed E-state index contributed by atoms with van der Waals surface area (Å²) in [5, 5.41) is 3.70. The van der Waals surface area contributed by atoms with Gasteiger partial charge in [0.1, 0.15) is 0 Å². The van der Waals surface area contributed by atoms with Gasteiger partial charge in [0.15, 0.2) is 5.16 Å². The molecule has 0 radical (unpaired) electrons. The topological polar surface area (TPSA) is 111 Å². The number of aromatic nitrogens is 2. The summed E-state index contributed by atoms with van der Waals surface area (Å²) < 4.78 is 34.9. The number of sulfonamides is 1. The average molecular weight is 591 g/mol. The second kappa shape index (κ2) is 11.6. The molecule has 1 aliphatic heterocycles. The van der Waals surface area contributed by atoms with E-state index in [1.165, 1.54) is 22.1 Å². The molecule has 2 aromatic carbocycles. The van der Waals surface area contributed by atoms with E-state index in [2.05, 4.69) is 5.32 Å². The average Bonchev–Trinajstić information content (AvgIpc) is 3.44. The Balaban J connectivity index is 1.40. The second-order valence-electron chi connectivity index (χ2n) is 9.92. The van der Waals surface area contributed by atoms with E-state index in [1.54, 1.807) is 48.7 Å². The number of nitrogens with zero attached hydrogens (tertiary/aromatic N) is 3. The highest BCUT2D eigenvalue weighted by atomic mass is 35.5. The standard InChI is InChI=1S/C27H31ClN4O5S2/c1-17-7-9-20(16-24(17)39(35,36)31-11-13-37-14-12-31)29-25(33)18(2)38-27-30-23-15-19(28)8-10-22(23)26(34)32(27)21-5-3-4-6-21/h7-10,15-16,18,21H,3-6,11-14H2,1-2H3,(H,29,33)/t18-/m0/s1. The number of aryl methyl sites for hydroxylation is 1. The summed E-state index contributed by atoms with van der Waals surface area (Å²) in [4.78, 5) is 31.6. The number of halogens is 1. The molecule has 2 fully saturated rings. The third-order valence-electron chi connectivity index (χ3n) is 7.22. The normalized spacial score (nSPS) is 17.9. The first-order valence-electron chi connectivity index (χ1n) is 13.0. The smallest absolute Gasteiger partial charge is 0.262 e. The number of rotatable bonds is 7. The number of hydrogen-bond acceptors (Lipinski definition) is 7. The number of fused-ring (bicyclic) bond motifs is 1. The van der Waals surface area contributed by atoms with Gasteiger partial charge in [-0.15, -0.1) is 0 Å². The number of anilines is 1. The molecule has 2 aliphatic rings. The minimum Gasteiger partial charge on any atom is -0.379 e. The van der Waals surface area contributed by atoms with Crippen molar-refractivity contribution < 1.29 is 17.9 Å². The maximum atomic E-state index is 13.5. The van der Waals surface area contributed by atoms with E-state index in [4.69, 9.17) is 21.3 Å². The van der Waals surface area contributed by atoms with Crippen LogP contribution in [-0.2, 0) is 19.6 Å². The van der Waals surface area contributed by atoms with Crippen LogP contribution in [0.2, 0.25) is 5.02 Å². The molecule has 1 aliphatic carbocycles. The van der Waals surface area contributed by atoms with Crippen LogP contribution >= 0.6 is 23.4 Å². The van der Waals surface area contributed by atoms with Crippen molar-refractivity contribution in [2.45, 2.75) is 60.9 Å². The zero-order chi connectivity index (χ0) is 27.7. The molecule has 208 valence electrons. The maximum absolute atomic E-state index is 13.5. The van der Waals surface area contributed by atoms with Crippen LogP contribution in [0.4, 0.5) is 5.69 Å². The summed E-state index contributed by atoms with van der Waals surface area (Å²) in [6, 6.07) is 9.95. The van der Waals surface area contributed by atoms with Gasteiger partial charge in [-0.25, -0.2) is 13.4 Å². The predicted molar refractivity (Wildman–Crippen MR) is 153 cm³/mol. The van der Waals surface area contributed by atoms with Crippen molar-refractivity contribution in [3.8, 4) is 0 Å². The van der Waals surface area contributed by atoms with Crippen molar-refractivity contribution in [3.63, 3.8) is 0 Å². The quantitative estimate of drug-likeness (QED) is 0.316. The van der Waals surface area contributed by atoms with Gasteiger partial charge in [0, 0.05) is 29.8 Å². The highest BCUT2D eigenvalue weighted by molar-refractivity contribution is 8.00. The van der Waals surface area contributed by atoms with E-state index < -0.39 is 15.3 Å². The zero-order valence-corrected chi connectivity index (χ0v) is 24.2. The predicted octanol–water partition coefficient (Wildman–Crippen LogP) is 4.61. The monoisotopic (exact) mass is 590 g/mol. The Bertz CT molecular complexity index is 1560. The van der Waals surface area contributed by atoms with Crippen molar-refractivity contribution in [2.24, 2.45) is 0 Å². The van der Waals surface area contributed by atoms with E-state index in [1.807, 2.05) is 0 Å². The van der Waals surface area contributed by atoms with Crippen molar-refractivity contribution in [1.82, 2.24) is 13.9 Å². The van der Waals surface area contributed by atoms with Crippen molar-refractivity contribution in [3.05, 3.63) is 57.3 Å². The Morgan fingerprint density at radius 2 is 1.87 bits per heavy atom. The fourth-order valence-electron chi connectivity index (χ4n) is 5.06. The molecule has 1 saturated heterocycles. The van der Waals surface area contributed by atoms with Crippen LogP contribution in [0.15, 0.2) is 51.2 Å². The van der Waals surface area contributed by atoms with Crippen LogP contribution < -0.4 is 10.9 Å². The highest BCUT2D eigenvalue weighted by Crippen LogP contribution is 2.34. The number of ether oxygens (including phenoxy) is 1. The van der Waals surface area contributed by atoms with Gasteiger partial charge >= 0.3 is 0 Å². The summed E-state index contributed by atoms with van der Waals surface area (Å²) in [5.74, 6) is -0.322. The Labute approximate surface area is 236 Å². The van der Waals surface area contributed by atoms with Crippen LogP contribution in [-0.4, -0.2) is 59.7 Å². The Kier molecular flexibility index (Phi) is 8.34. The lowest BCUT2D eigenvalue weighted by Crippen LogP contribution is -2.40. The van der Waals surface area contributed by atoms with Gasteiger partial charge in [-0.1, -0.05) is 42.3 Å². The number of hydrogen-bond donors (Lipinski definition) is 1. The molecule has 1 atom stereocenters. The highest BCUT2D eigenvalue weighted by Gasteiger charge is 2.29. The Morgan fingerprint density at radius 1 is 1.15 bits per heavy atom. The number of morpholine rings is 1. The van der Waals surface area contributed by atoms with Gasteiger partial charge in [0.25, 0.3) is 5.56 Å². The number of carbonyl (C=O) groups excluding carboxylic acids is 1. The maximum Gasteiger partial charge on any atom is 0.262 e. The zero-order valence-electron chi connectivity index (χ0n) is 21.9. The van der Waals surface area contributed by atoms with Crippen molar-refractivity contribution >= 4 is 55.9 Å². The molecule has 1 saturated carbocycles. The van der Waals surface area contributed by atoms with Crippen LogP contribution in [0.25, 0.3) is 10.9 Å². The number of benzene rings is 2. The van der Waals surface area contributed by atoms with E-state index in [-0.39, 0.29) is 22.4 Å². The molecule has 1 aromatic heterocycles. The third kappa shape index (κ3) is 5.88. The molecule has 12 heteroatoms. The van der Waals surface area contributed by atoms with Gasteiger partial charge < -0.3 is 10.1 Å². The molecular formula is C27H31ClN4O5S2. The molecule has 0 spiro atoms. The van der Waals surface area contributed by atoms with Gasteiger partial charge in [0.05, 0.1) is 34.3 Å². The fourth-order valence-corrected chi connectivity index (χ4v) is 7.86. The van der Waals surface area contributed by atoms with Gasteiger partial charge in [-0.3, -0.25) is 14.2 Å². The third-order valence-corrected chi connectivity index (χ3v) is 10.6. The largest absolute Gasteiger partial charge is 0.379 e. The summed E-state index contributed by atoms with van der Waals surface area (Å²) in [6.07, 6.45) is 3.86. The molecule has 1 amide bonds. The molecule has 9 nitrogen and oxygen atoms in total. The molecular weight excluding hydrogens is 560 g/mol. The summed E-state index contributed by atoms with van der Waals surface area (Å²) in [5.41, 5.74) is 1.35. The molecule has 1 N–H and O–H groups in total. The van der Waals surface area contributed by atoms with Crippen LogP contribution in [0.1, 0.15) is 44.2 Å². The van der Waals surface area contributed by atoms with E-state index in [0.717, 1.165) is 25.7 Å². The molecule has 0 bridgehead atoms. The molecule has 39 heavy (non-hydrogen) atoms. The number of nitrogens with one attached hydrogen (secondary N) is 1. The Hall–Kier alpha value is -2.44. The lowest BCUT2D eigenvalue weighted by atomic mass is 10.2. The van der Waals surface area contributed by atoms with E-state index in [0.29, 0.717) is 58.6 Å². The number of carbonyl (C=O) groups is 1. The molecule has 3 aromatic rings. The lowest BCUT2D eigenvalue weighted by molar-refractivity contribution is -0.115. The first-order chi connectivity index (χ1) is 18.6. The van der Waals surface area contributed by atoms with Crippen LogP contribution in [0, 0.1) is 6.92 Å². The summed E-state index contributed by atoms with van der Waals surface area (Å²) in [6.45, 7) is 4.76. The summed E-state index contributed by atoms with van der Waals surface area (Å²) >= 11 is 7.38. The minimum absolute atomic E-state index is 0.0351. The minimum atomic E-state index is -3.73. The van der Waals surface area contributed by atoms with E-state index in [9.17, 15) is 18.0 Å². The number of amides is 1. The first kappa shape index (κ1) is 28.1. The van der Waals surface area contributed by atoms with Gasteiger partial charge in [0.2, 0.25) is 15.9 Å².